The number of carboxylic acids is 2. The van der Waals surface area contributed by atoms with E-state index < -0.39 is 18.0 Å². The molecule has 10 heteroatoms. The molecule has 0 aliphatic carbocycles. The highest BCUT2D eigenvalue weighted by Crippen LogP contribution is 2.28. The van der Waals surface area contributed by atoms with Gasteiger partial charge in [-0.1, -0.05) is 6.07 Å². The average Bonchev–Trinajstić information content (AvgIpc) is 3.08. The van der Waals surface area contributed by atoms with Gasteiger partial charge < -0.3 is 20.7 Å². The summed E-state index contributed by atoms with van der Waals surface area (Å²) in [5.74, 6) is -1.66. The molecule has 1 heterocycles. The maximum Gasteiger partial charge on any atom is 0.414 e. The quantitative estimate of drug-likeness (QED) is 0.262. The predicted octanol–water partition coefficient (Wildman–Crippen LogP) is 2.34. The molecular weight excluding hydrogens is 422 g/mol. The largest absolute Gasteiger partial charge is 0.481 e. The summed E-state index contributed by atoms with van der Waals surface area (Å²) in [6.07, 6.45) is -1.35. The molecule has 1 saturated heterocycles. The maximum absolute atomic E-state index is 12.2. The van der Waals surface area contributed by atoms with Crippen molar-refractivity contribution in [2.24, 2.45) is 5.73 Å². The molecule has 1 unspecified atom stereocenters. The summed E-state index contributed by atoms with van der Waals surface area (Å²) >= 11 is 1.40. The van der Waals surface area contributed by atoms with E-state index in [4.69, 9.17) is 26.1 Å². The molecule has 1 aliphatic rings. The van der Waals surface area contributed by atoms with Gasteiger partial charge in [-0.3, -0.25) is 19.9 Å². The molecule has 162 valence electrons. The van der Waals surface area contributed by atoms with E-state index in [1.54, 1.807) is 42.5 Å². The van der Waals surface area contributed by atoms with Crippen LogP contribution in [0.3, 0.4) is 0 Å². The fourth-order valence-corrected chi connectivity index (χ4v) is 4.13. The molecule has 0 bridgehead atoms. The topological polar surface area (TPSA) is 154 Å². The van der Waals surface area contributed by atoms with E-state index in [9.17, 15) is 14.4 Å². The minimum Gasteiger partial charge on any atom is -0.481 e. The SMILES string of the molecule is N=C(N)c1ccc(N2CC(CSc3ccc(CC(=O)O)c(CC(=O)O)c3)OC2=O)cc1. The molecule has 0 spiro atoms. The van der Waals surface area contributed by atoms with Gasteiger partial charge in [-0.05, 0) is 47.5 Å². The number of anilines is 1. The van der Waals surface area contributed by atoms with Crippen molar-refractivity contribution in [1.29, 1.82) is 5.41 Å². The Morgan fingerprint density at radius 3 is 2.35 bits per heavy atom. The Morgan fingerprint density at radius 1 is 1.10 bits per heavy atom. The predicted molar refractivity (Wildman–Crippen MR) is 115 cm³/mol. The van der Waals surface area contributed by atoms with Crippen LogP contribution in [0, 0.1) is 5.41 Å². The van der Waals surface area contributed by atoms with E-state index in [2.05, 4.69) is 0 Å². The van der Waals surface area contributed by atoms with Crippen LogP contribution < -0.4 is 10.6 Å². The number of carbonyl (C=O) groups is 3. The zero-order valence-corrected chi connectivity index (χ0v) is 17.2. The Hall–Kier alpha value is -3.53. The summed E-state index contributed by atoms with van der Waals surface area (Å²) in [6, 6.07) is 11.8. The Kier molecular flexibility index (Phi) is 6.81. The average molecular weight is 443 g/mol. The zero-order chi connectivity index (χ0) is 22.5. The van der Waals surface area contributed by atoms with Crippen LogP contribution in [-0.4, -0.2) is 52.5 Å². The van der Waals surface area contributed by atoms with Gasteiger partial charge in [0.2, 0.25) is 0 Å². The molecule has 0 radical (unpaired) electrons. The van der Waals surface area contributed by atoms with Gasteiger partial charge in [-0.25, -0.2) is 4.79 Å². The number of amides is 1. The molecule has 9 nitrogen and oxygen atoms in total. The first-order valence-corrected chi connectivity index (χ1v) is 10.3. The van der Waals surface area contributed by atoms with E-state index in [1.165, 1.54) is 16.7 Å². The fourth-order valence-electron chi connectivity index (χ4n) is 3.18. The van der Waals surface area contributed by atoms with Crippen LogP contribution in [0.25, 0.3) is 0 Å². The number of nitrogens with two attached hydrogens (primary N) is 1. The number of carbonyl (C=O) groups excluding carboxylic acids is 1. The fraction of sp³-hybridized carbons (Fsp3) is 0.238. The maximum atomic E-state index is 12.2. The molecule has 1 amide bonds. The highest BCUT2D eigenvalue weighted by atomic mass is 32.2. The minimum atomic E-state index is -1.04. The van der Waals surface area contributed by atoms with Gasteiger partial charge in [-0.2, -0.15) is 0 Å². The zero-order valence-electron chi connectivity index (χ0n) is 16.4. The summed E-state index contributed by atoms with van der Waals surface area (Å²) in [4.78, 5) is 36.6. The molecule has 1 fully saturated rings. The van der Waals surface area contributed by atoms with Gasteiger partial charge in [0, 0.05) is 21.9 Å². The molecule has 2 aromatic carbocycles. The lowest BCUT2D eigenvalue weighted by atomic mass is 10.0. The third-order valence-corrected chi connectivity index (χ3v) is 5.79. The Morgan fingerprint density at radius 2 is 1.74 bits per heavy atom. The number of ether oxygens (including phenoxy) is 1. The monoisotopic (exact) mass is 443 g/mol. The first kappa shape index (κ1) is 22.2. The van der Waals surface area contributed by atoms with Crippen LogP contribution in [0.2, 0.25) is 0 Å². The number of hydrogen-bond acceptors (Lipinski definition) is 6. The summed E-state index contributed by atoms with van der Waals surface area (Å²) in [6.45, 7) is 0.352. The number of rotatable bonds is 9. The lowest BCUT2D eigenvalue weighted by molar-refractivity contribution is -0.137. The Balaban J connectivity index is 1.64. The molecule has 0 aromatic heterocycles. The second-order valence-corrected chi connectivity index (χ2v) is 8.05. The smallest absolute Gasteiger partial charge is 0.414 e. The van der Waals surface area contributed by atoms with Crippen molar-refractivity contribution in [2.75, 3.05) is 17.2 Å². The number of aliphatic carboxylic acids is 2. The third kappa shape index (κ3) is 5.76. The van der Waals surface area contributed by atoms with Crippen molar-refractivity contribution in [3.8, 4) is 0 Å². The number of nitrogens with zero attached hydrogens (tertiary/aromatic N) is 1. The number of amidine groups is 1. The van der Waals surface area contributed by atoms with E-state index in [0.717, 1.165) is 4.90 Å². The van der Waals surface area contributed by atoms with Crippen LogP contribution in [0.5, 0.6) is 0 Å². The second-order valence-electron chi connectivity index (χ2n) is 6.96. The molecule has 3 rings (SSSR count). The summed E-state index contributed by atoms with van der Waals surface area (Å²) in [7, 11) is 0. The van der Waals surface area contributed by atoms with E-state index in [-0.39, 0.29) is 24.8 Å². The highest BCUT2D eigenvalue weighted by Gasteiger charge is 2.32. The van der Waals surface area contributed by atoms with Crippen molar-refractivity contribution in [2.45, 2.75) is 23.8 Å². The van der Waals surface area contributed by atoms with Gasteiger partial charge in [0.25, 0.3) is 0 Å². The van der Waals surface area contributed by atoms with E-state index in [1.807, 2.05) is 0 Å². The van der Waals surface area contributed by atoms with Gasteiger partial charge >= 0.3 is 18.0 Å². The van der Waals surface area contributed by atoms with Gasteiger partial charge in [-0.15, -0.1) is 11.8 Å². The van der Waals surface area contributed by atoms with Crippen molar-refractivity contribution in [1.82, 2.24) is 0 Å². The minimum absolute atomic E-state index is 0.0542. The van der Waals surface area contributed by atoms with Crippen molar-refractivity contribution in [3.05, 3.63) is 59.2 Å². The molecular formula is C21H21N3O6S. The lowest BCUT2D eigenvalue weighted by Crippen LogP contribution is -2.25. The number of benzene rings is 2. The van der Waals surface area contributed by atoms with E-state index >= 15 is 0 Å². The normalized spacial score (nSPS) is 15.5. The van der Waals surface area contributed by atoms with Crippen LogP contribution >= 0.6 is 11.8 Å². The summed E-state index contributed by atoms with van der Waals surface area (Å²) in [5, 5.41) is 25.5. The van der Waals surface area contributed by atoms with Crippen molar-refractivity contribution < 1.29 is 29.3 Å². The van der Waals surface area contributed by atoms with Crippen LogP contribution in [0.4, 0.5) is 10.5 Å². The van der Waals surface area contributed by atoms with Crippen molar-refractivity contribution in [3.63, 3.8) is 0 Å². The number of nitrogens with one attached hydrogen (secondary N) is 1. The molecule has 2 aromatic rings. The molecule has 1 aliphatic heterocycles. The van der Waals surface area contributed by atoms with Gasteiger partial charge in [0.05, 0.1) is 19.4 Å². The van der Waals surface area contributed by atoms with Crippen LogP contribution in [0.1, 0.15) is 16.7 Å². The number of thioether (sulfide) groups is 1. The number of hydrogen-bond donors (Lipinski definition) is 4. The molecule has 1 atom stereocenters. The molecule has 31 heavy (non-hydrogen) atoms. The third-order valence-electron chi connectivity index (χ3n) is 4.66. The standard InChI is InChI=1S/C21H21N3O6S/c22-20(23)12-1-4-15(5-2-12)24-10-16(30-21(24)29)11-31-17-6-3-13(8-18(25)26)14(7-17)9-19(27)28/h1-7,16H,8-11H2,(H3,22,23)(H,25,26)(H,27,28). The second kappa shape index (κ2) is 9.52. The van der Waals surface area contributed by atoms with Crippen LogP contribution in [0.15, 0.2) is 47.4 Å². The Bertz CT molecular complexity index is 1020. The Labute approximate surface area is 182 Å². The number of carboxylic acid groups (broad SMARTS) is 2. The van der Waals surface area contributed by atoms with Crippen molar-refractivity contribution >= 4 is 41.3 Å². The summed E-state index contributed by atoms with van der Waals surface area (Å²) in [5.41, 5.74) is 7.57. The first-order chi connectivity index (χ1) is 14.7. The van der Waals surface area contributed by atoms with Gasteiger partial charge in [0.1, 0.15) is 11.9 Å². The highest BCUT2D eigenvalue weighted by molar-refractivity contribution is 7.99. The lowest BCUT2D eigenvalue weighted by Gasteiger charge is -2.13. The number of nitrogen functional groups attached to an aromatic ring is 1. The summed E-state index contributed by atoms with van der Waals surface area (Å²) < 4.78 is 5.43. The van der Waals surface area contributed by atoms with Gasteiger partial charge in [0.15, 0.2) is 0 Å². The molecule has 5 N–H and O–H groups in total. The first-order valence-electron chi connectivity index (χ1n) is 9.33. The number of cyclic esters (lactones) is 1. The molecule has 0 saturated carbocycles. The van der Waals surface area contributed by atoms with E-state index in [0.29, 0.717) is 34.7 Å². The van der Waals surface area contributed by atoms with Crippen LogP contribution in [-0.2, 0) is 27.2 Å².